The molecule has 1 aliphatic carbocycles. The minimum atomic E-state index is 0.803. The molecule has 0 radical (unpaired) electrons. The predicted molar refractivity (Wildman–Crippen MR) is 65.1 cm³/mol. The fourth-order valence-electron chi connectivity index (χ4n) is 1.99. The van der Waals surface area contributed by atoms with Crippen LogP contribution in [0.3, 0.4) is 0 Å². The van der Waals surface area contributed by atoms with Crippen LogP contribution in [0, 0.1) is 11.8 Å². The Labute approximate surface area is 94.8 Å². The second-order valence-electron chi connectivity index (χ2n) is 5.16. The Hall–Kier alpha value is -0.0800. The first-order valence-corrected chi connectivity index (χ1v) is 6.53. The lowest BCUT2D eigenvalue weighted by atomic mass is 9.94. The van der Waals surface area contributed by atoms with Crippen LogP contribution in [0.1, 0.15) is 46.5 Å². The first-order chi connectivity index (χ1) is 7.22. The van der Waals surface area contributed by atoms with Crippen molar-refractivity contribution < 1.29 is 4.74 Å². The van der Waals surface area contributed by atoms with Gasteiger partial charge in [-0.15, -0.1) is 0 Å². The Bertz CT molecular complexity index is 155. The fourth-order valence-corrected chi connectivity index (χ4v) is 1.99. The molecule has 0 bridgehead atoms. The van der Waals surface area contributed by atoms with Gasteiger partial charge in [-0.1, -0.05) is 13.8 Å². The molecule has 2 heteroatoms. The van der Waals surface area contributed by atoms with Crippen molar-refractivity contribution in [1.82, 2.24) is 5.32 Å². The third-order valence-electron chi connectivity index (χ3n) is 2.95. The first-order valence-electron chi connectivity index (χ1n) is 6.53. The molecule has 1 fully saturated rings. The van der Waals surface area contributed by atoms with Crippen molar-refractivity contribution in [3.63, 3.8) is 0 Å². The van der Waals surface area contributed by atoms with Crippen LogP contribution in [-0.2, 0) is 4.74 Å². The summed E-state index contributed by atoms with van der Waals surface area (Å²) in [5, 5.41) is 3.63. The molecule has 1 N–H and O–H groups in total. The predicted octanol–water partition coefficient (Wildman–Crippen LogP) is 2.83. The molecule has 0 aromatic heterocycles. The lowest BCUT2D eigenvalue weighted by Crippen LogP contribution is -2.26. The lowest BCUT2D eigenvalue weighted by molar-refractivity contribution is 0.128. The van der Waals surface area contributed by atoms with Crippen molar-refractivity contribution in [3.05, 3.63) is 0 Å². The Morgan fingerprint density at radius 3 is 2.60 bits per heavy atom. The molecular weight excluding hydrogens is 186 g/mol. The minimum Gasteiger partial charge on any atom is -0.382 e. The van der Waals surface area contributed by atoms with Crippen LogP contribution < -0.4 is 5.32 Å². The normalized spacial score (nSPS) is 18.4. The van der Waals surface area contributed by atoms with Gasteiger partial charge >= 0.3 is 0 Å². The van der Waals surface area contributed by atoms with Crippen LogP contribution in [0.4, 0.5) is 0 Å². The van der Waals surface area contributed by atoms with E-state index in [1.807, 2.05) is 0 Å². The zero-order valence-electron chi connectivity index (χ0n) is 10.6. The molecule has 0 aliphatic heterocycles. The monoisotopic (exact) mass is 213 g/mol. The maximum Gasteiger partial charge on any atom is 0.0469 e. The van der Waals surface area contributed by atoms with E-state index in [0.717, 1.165) is 31.1 Å². The number of hydrogen-bond acceptors (Lipinski definition) is 2. The molecule has 0 aromatic rings. The van der Waals surface area contributed by atoms with E-state index < -0.39 is 0 Å². The molecule has 90 valence electrons. The molecule has 1 unspecified atom stereocenters. The van der Waals surface area contributed by atoms with Crippen LogP contribution in [0.5, 0.6) is 0 Å². The average molecular weight is 213 g/mol. The van der Waals surface area contributed by atoms with E-state index in [4.69, 9.17) is 4.74 Å². The van der Waals surface area contributed by atoms with E-state index in [9.17, 15) is 0 Å². The van der Waals surface area contributed by atoms with Crippen molar-refractivity contribution in [2.75, 3.05) is 19.8 Å². The van der Waals surface area contributed by atoms with Gasteiger partial charge in [-0.25, -0.2) is 0 Å². The SMILES string of the molecule is CCOCCC(CNC1CC1)CC(C)C. The molecule has 0 amide bonds. The molecule has 0 saturated heterocycles. The van der Waals surface area contributed by atoms with Crippen LogP contribution in [0.15, 0.2) is 0 Å². The summed E-state index contributed by atoms with van der Waals surface area (Å²) >= 11 is 0. The topological polar surface area (TPSA) is 21.3 Å². The van der Waals surface area contributed by atoms with E-state index in [0.29, 0.717) is 0 Å². The molecular formula is C13H27NO. The third kappa shape index (κ3) is 6.91. The Morgan fingerprint density at radius 2 is 2.07 bits per heavy atom. The lowest BCUT2D eigenvalue weighted by Gasteiger charge is -2.19. The number of ether oxygens (including phenoxy) is 1. The summed E-state index contributed by atoms with van der Waals surface area (Å²) in [7, 11) is 0. The van der Waals surface area contributed by atoms with Crippen LogP contribution in [-0.4, -0.2) is 25.8 Å². The van der Waals surface area contributed by atoms with E-state index in [1.54, 1.807) is 0 Å². The highest BCUT2D eigenvalue weighted by atomic mass is 16.5. The molecule has 2 nitrogen and oxygen atoms in total. The van der Waals surface area contributed by atoms with Gasteiger partial charge in [0, 0.05) is 19.3 Å². The number of rotatable bonds is 9. The maximum absolute atomic E-state index is 5.44. The van der Waals surface area contributed by atoms with Gasteiger partial charge in [-0.2, -0.15) is 0 Å². The fraction of sp³-hybridized carbons (Fsp3) is 1.00. The summed E-state index contributed by atoms with van der Waals surface area (Å²) in [6, 6.07) is 0.840. The van der Waals surface area contributed by atoms with Gasteiger partial charge in [0.2, 0.25) is 0 Å². The van der Waals surface area contributed by atoms with Crippen molar-refractivity contribution in [2.24, 2.45) is 11.8 Å². The zero-order chi connectivity index (χ0) is 11.1. The van der Waals surface area contributed by atoms with Gasteiger partial charge in [-0.3, -0.25) is 0 Å². The smallest absolute Gasteiger partial charge is 0.0469 e. The molecule has 1 rings (SSSR count). The van der Waals surface area contributed by atoms with Crippen molar-refractivity contribution in [3.8, 4) is 0 Å². The highest BCUT2D eigenvalue weighted by Crippen LogP contribution is 2.21. The molecule has 0 spiro atoms. The van der Waals surface area contributed by atoms with Gasteiger partial charge in [0.25, 0.3) is 0 Å². The molecule has 1 saturated carbocycles. The first kappa shape index (κ1) is 13.0. The Morgan fingerprint density at radius 1 is 1.33 bits per heavy atom. The summed E-state index contributed by atoms with van der Waals surface area (Å²) in [5.41, 5.74) is 0. The second-order valence-corrected chi connectivity index (χ2v) is 5.16. The molecule has 0 aromatic carbocycles. The summed E-state index contributed by atoms with van der Waals surface area (Å²) in [4.78, 5) is 0. The molecule has 1 aliphatic rings. The number of hydrogen-bond donors (Lipinski definition) is 1. The maximum atomic E-state index is 5.44. The van der Waals surface area contributed by atoms with Crippen LogP contribution in [0.25, 0.3) is 0 Å². The van der Waals surface area contributed by atoms with Crippen molar-refractivity contribution in [2.45, 2.75) is 52.5 Å². The average Bonchev–Trinajstić information content (AvgIpc) is 2.97. The molecule has 0 heterocycles. The van der Waals surface area contributed by atoms with Crippen molar-refractivity contribution >= 4 is 0 Å². The Kier molecular flexibility index (Phi) is 6.26. The van der Waals surface area contributed by atoms with E-state index in [-0.39, 0.29) is 0 Å². The van der Waals surface area contributed by atoms with Gasteiger partial charge < -0.3 is 10.1 Å². The summed E-state index contributed by atoms with van der Waals surface area (Å²) < 4.78 is 5.44. The zero-order valence-corrected chi connectivity index (χ0v) is 10.6. The van der Waals surface area contributed by atoms with E-state index >= 15 is 0 Å². The number of nitrogens with one attached hydrogen (secondary N) is 1. The minimum absolute atomic E-state index is 0.803. The standard InChI is InChI=1S/C13H27NO/c1-4-15-8-7-12(9-11(2)3)10-14-13-5-6-13/h11-14H,4-10H2,1-3H3. The summed E-state index contributed by atoms with van der Waals surface area (Å²) in [5.74, 6) is 1.61. The molecule has 1 atom stereocenters. The highest BCUT2D eigenvalue weighted by Gasteiger charge is 2.22. The third-order valence-corrected chi connectivity index (χ3v) is 2.95. The largest absolute Gasteiger partial charge is 0.382 e. The van der Waals surface area contributed by atoms with Gasteiger partial charge in [0.15, 0.2) is 0 Å². The summed E-state index contributed by atoms with van der Waals surface area (Å²) in [6.45, 7) is 9.66. The van der Waals surface area contributed by atoms with E-state index in [1.165, 1.54) is 32.2 Å². The van der Waals surface area contributed by atoms with Gasteiger partial charge in [0.05, 0.1) is 0 Å². The highest BCUT2D eigenvalue weighted by molar-refractivity contribution is 4.82. The van der Waals surface area contributed by atoms with Crippen molar-refractivity contribution in [1.29, 1.82) is 0 Å². The quantitative estimate of drug-likeness (QED) is 0.595. The van der Waals surface area contributed by atoms with E-state index in [2.05, 4.69) is 26.1 Å². The second kappa shape index (κ2) is 7.24. The van der Waals surface area contributed by atoms with Gasteiger partial charge in [0.1, 0.15) is 0 Å². The van der Waals surface area contributed by atoms with Crippen LogP contribution in [0.2, 0.25) is 0 Å². The molecule has 15 heavy (non-hydrogen) atoms. The van der Waals surface area contributed by atoms with Crippen LogP contribution >= 0.6 is 0 Å². The summed E-state index contributed by atoms with van der Waals surface area (Å²) in [6.07, 6.45) is 5.32. The van der Waals surface area contributed by atoms with Gasteiger partial charge in [-0.05, 0) is 51.0 Å². The Balaban J connectivity index is 2.11.